The van der Waals surface area contributed by atoms with Crippen LogP contribution < -0.4 is 20.9 Å². The highest BCUT2D eigenvalue weighted by Crippen LogP contribution is 2.33. The molecule has 0 radical (unpaired) electrons. The third kappa shape index (κ3) is 9.35. The number of primary amides is 1. The standard InChI is InChI=1S/C36H44ClN9O4/c1-36(2,3)50-35(49)41-19-22-9-11-25(12-10-22)32(48)46(28-15-13-24(14-16-28)31-42-33(37)44-43-31)29(30(38)47)18-23-7-6-8-26(17-23)27-20-39-34(40-21-27)45(4)5/h6-8,13-17,20-22,25,29H,9-12,18-19H2,1-5H3,(H2,38,47)(H,41,49)(H,42,43,44)/t22?,25?,29-/m0/s1. The first-order chi connectivity index (χ1) is 23.8. The van der Waals surface area contributed by atoms with Gasteiger partial charge in [0.1, 0.15) is 11.6 Å². The summed E-state index contributed by atoms with van der Waals surface area (Å²) in [4.78, 5) is 56.3. The number of aromatic nitrogens is 5. The van der Waals surface area contributed by atoms with Crippen molar-refractivity contribution in [1.82, 2.24) is 30.5 Å². The Morgan fingerprint density at radius 3 is 2.26 bits per heavy atom. The van der Waals surface area contributed by atoms with Crippen molar-refractivity contribution in [3.8, 4) is 22.5 Å². The van der Waals surface area contributed by atoms with Crippen LogP contribution in [0, 0.1) is 11.8 Å². The average molecular weight is 702 g/mol. The lowest BCUT2D eigenvalue weighted by Gasteiger charge is -2.36. The zero-order valence-corrected chi connectivity index (χ0v) is 29.8. The first-order valence-electron chi connectivity index (χ1n) is 16.6. The van der Waals surface area contributed by atoms with Gasteiger partial charge in [0, 0.05) is 62.2 Å². The van der Waals surface area contributed by atoms with Gasteiger partial charge in [-0.25, -0.2) is 19.9 Å². The number of halogens is 1. The lowest BCUT2D eigenvalue weighted by Crippen LogP contribution is -2.52. The van der Waals surface area contributed by atoms with Crippen molar-refractivity contribution in [1.29, 1.82) is 0 Å². The van der Waals surface area contributed by atoms with Crippen molar-refractivity contribution < 1.29 is 19.1 Å². The van der Waals surface area contributed by atoms with E-state index in [1.807, 2.05) is 64.0 Å². The van der Waals surface area contributed by atoms with E-state index in [1.165, 1.54) is 0 Å². The second-order valence-corrected chi connectivity index (χ2v) is 14.2. The van der Waals surface area contributed by atoms with E-state index in [9.17, 15) is 14.4 Å². The van der Waals surface area contributed by atoms with E-state index in [-0.39, 0.29) is 29.4 Å². The normalized spacial score (nSPS) is 16.7. The zero-order valence-electron chi connectivity index (χ0n) is 29.0. The molecule has 4 aromatic rings. The molecule has 1 saturated carbocycles. The first kappa shape index (κ1) is 36.2. The summed E-state index contributed by atoms with van der Waals surface area (Å²) in [7, 11) is 3.75. The number of nitrogens with one attached hydrogen (secondary N) is 2. The number of amides is 3. The number of carbonyl (C=O) groups is 3. The average Bonchev–Trinajstić information content (AvgIpc) is 3.53. The minimum absolute atomic E-state index is 0.161. The number of benzene rings is 2. The largest absolute Gasteiger partial charge is 0.444 e. The molecule has 0 aliphatic heterocycles. The molecule has 0 unspecified atom stereocenters. The van der Waals surface area contributed by atoms with Gasteiger partial charge in [0.25, 0.3) is 0 Å². The molecule has 4 N–H and O–H groups in total. The predicted octanol–water partition coefficient (Wildman–Crippen LogP) is 5.41. The van der Waals surface area contributed by atoms with Gasteiger partial charge in [0.05, 0.1) is 0 Å². The molecular weight excluding hydrogens is 658 g/mol. The number of hydrogen-bond donors (Lipinski definition) is 3. The summed E-state index contributed by atoms with van der Waals surface area (Å²) in [5.41, 5.74) is 9.25. The molecule has 13 nitrogen and oxygen atoms in total. The van der Waals surface area contributed by atoms with Crippen molar-refractivity contribution >= 4 is 41.1 Å². The fourth-order valence-corrected chi connectivity index (χ4v) is 6.20. The van der Waals surface area contributed by atoms with Crippen molar-refractivity contribution in [3.63, 3.8) is 0 Å². The lowest BCUT2D eigenvalue weighted by atomic mass is 9.81. The van der Waals surface area contributed by atoms with Crippen molar-refractivity contribution in [2.24, 2.45) is 17.6 Å². The molecule has 2 aromatic heterocycles. The Balaban J connectivity index is 1.38. The quantitative estimate of drug-likeness (QED) is 0.185. The molecule has 14 heteroatoms. The minimum Gasteiger partial charge on any atom is -0.444 e. The number of carbonyl (C=O) groups excluding carboxylic acids is 3. The molecule has 2 aromatic carbocycles. The molecule has 0 spiro atoms. The molecular formula is C36H44ClN9O4. The summed E-state index contributed by atoms with van der Waals surface area (Å²) < 4.78 is 5.37. The van der Waals surface area contributed by atoms with Crippen LogP contribution in [0.1, 0.15) is 52.0 Å². The molecule has 1 aliphatic carbocycles. The molecule has 0 saturated heterocycles. The van der Waals surface area contributed by atoms with E-state index >= 15 is 0 Å². The number of ether oxygens (including phenoxy) is 1. The molecule has 0 bridgehead atoms. The highest BCUT2D eigenvalue weighted by molar-refractivity contribution is 6.28. The number of nitrogens with two attached hydrogens (primary N) is 1. The number of alkyl carbamates (subject to hydrolysis) is 1. The van der Waals surface area contributed by atoms with Crippen molar-refractivity contribution in [2.75, 3.05) is 30.4 Å². The molecule has 5 rings (SSSR count). The van der Waals surface area contributed by atoms with Gasteiger partial charge in [0.15, 0.2) is 5.82 Å². The molecule has 264 valence electrons. The third-order valence-electron chi connectivity index (χ3n) is 8.60. The number of H-pyrrole nitrogens is 1. The fourth-order valence-electron chi connectivity index (χ4n) is 6.08. The Labute approximate surface area is 297 Å². The maximum Gasteiger partial charge on any atom is 0.407 e. The molecule has 1 atom stereocenters. The highest BCUT2D eigenvalue weighted by atomic mass is 35.5. The molecule has 1 aliphatic rings. The maximum atomic E-state index is 14.5. The number of hydrogen-bond acceptors (Lipinski definition) is 9. The Kier molecular flexibility index (Phi) is 11.4. The Morgan fingerprint density at radius 2 is 1.68 bits per heavy atom. The van der Waals surface area contributed by atoms with Crippen LogP contribution in [0.3, 0.4) is 0 Å². The van der Waals surface area contributed by atoms with E-state index in [4.69, 9.17) is 22.1 Å². The van der Waals surface area contributed by atoms with Gasteiger partial charge in [-0.1, -0.05) is 24.3 Å². The number of anilines is 2. The van der Waals surface area contributed by atoms with Crippen LogP contribution in [-0.4, -0.2) is 75.3 Å². The minimum atomic E-state index is -0.972. The van der Waals surface area contributed by atoms with Crippen LogP contribution in [0.25, 0.3) is 22.5 Å². The summed E-state index contributed by atoms with van der Waals surface area (Å²) in [5, 5.41) is 9.75. The van der Waals surface area contributed by atoms with Gasteiger partial charge in [-0.15, -0.1) is 0 Å². The summed E-state index contributed by atoms with van der Waals surface area (Å²) in [6.45, 7) is 5.93. The number of nitrogens with zero attached hydrogens (tertiary/aromatic N) is 6. The Bertz CT molecular complexity index is 1780. The van der Waals surface area contributed by atoms with E-state index in [0.29, 0.717) is 42.4 Å². The third-order valence-corrected chi connectivity index (χ3v) is 8.77. The fraction of sp³-hybridized carbons (Fsp3) is 0.417. The summed E-state index contributed by atoms with van der Waals surface area (Å²) in [6, 6.07) is 13.9. The molecule has 2 heterocycles. The van der Waals surface area contributed by atoms with Gasteiger partial charge < -0.3 is 20.7 Å². The van der Waals surface area contributed by atoms with Gasteiger partial charge >= 0.3 is 6.09 Å². The lowest BCUT2D eigenvalue weighted by molar-refractivity contribution is -0.127. The van der Waals surface area contributed by atoms with Gasteiger partial charge in [0.2, 0.25) is 23.0 Å². The van der Waals surface area contributed by atoms with Crippen LogP contribution in [-0.2, 0) is 20.7 Å². The number of aromatic amines is 1. The second kappa shape index (κ2) is 15.7. The van der Waals surface area contributed by atoms with Crippen LogP contribution in [0.2, 0.25) is 5.28 Å². The summed E-state index contributed by atoms with van der Waals surface area (Å²) in [5.74, 6) is 0.0760. The van der Waals surface area contributed by atoms with Crippen molar-refractivity contribution in [3.05, 3.63) is 71.8 Å². The monoisotopic (exact) mass is 701 g/mol. The Morgan fingerprint density at radius 1 is 1.00 bits per heavy atom. The van der Waals surface area contributed by atoms with Crippen LogP contribution in [0.5, 0.6) is 0 Å². The second-order valence-electron chi connectivity index (χ2n) is 13.8. The van der Waals surface area contributed by atoms with E-state index < -0.39 is 23.6 Å². The van der Waals surface area contributed by atoms with Gasteiger partial charge in [-0.05, 0) is 99.4 Å². The molecule has 50 heavy (non-hydrogen) atoms. The molecule has 1 fully saturated rings. The van der Waals surface area contributed by atoms with E-state index in [0.717, 1.165) is 29.5 Å². The summed E-state index contributed by atoms with van der Waals surface area (Å²) in [6.07, 6.45) is 5.94. The van der Waals surface area contributed by atoms with Gasteiger partial charge in [-0.3, -0.25) is 14.5 Å². The van der Waals surface area contributed by atoms with Crippen molar-refractivity contribution in [2.45, 2.75) is 64.5 Å². The SMILES string of the molecule is CN(C)c1ncc(-c2cccc(C[C@@H](C(N)=O)N(C(=O)C3CCC(CNC(=O)OC(C)(C)C)CC3)c3ccc(-c4n[nH]c(Cl)n4)cc3)c2)cn1. The van der Waals surface area contributed by atoms with Crippen LogP contribution >= 0.6 is 11.6 Å². The summed E-state index contributed by atoms with van der Waals surface area (Å²) >= 11 is 5.94. The predicted molar refractivity (Wildman–Crippen MR) is 192 cm³/mol. The Hall–Kier alpha value is -5.04. The zero-order chi connectivity index (χ0) is 36.0. The van der Waals surface area contributed by atoms with Crippen LogP contribution in [0.15, 0.2) is 60.9 Å². The van der Waals surface area contributed by atoms with Crippen LogP contribution in [0.4, 0.5) is 16.4 Å². The van der Waals surface area contributed by atoms with E-state index in [1.54, 1.807) is 41.6 Å². The topological polar surface area (TPSA) is 172 Å². The number of rotatable bonds is 11. The maximum absolute atomic E-state index is 14.5. The van der Waals surface area contributed by atoms with Gasteiger partial charge in [-0.2, -0.15) is 10.1 Å². The highest BCUT2D eigenvalue weighted by Gasteiger charge is 2.36. The molecule has 3 amide bonds. The smallest absolute Gasteiger partial charge is 0.407 e. The first-order valence-corrected chi connectivity index (χ1v) is 17.0. The van der Waals surface area contributed by atoms with E-state index in [2.05, 4.69) is 30.5 Å².